The van der Waals surface area contributed by atoms with Gasteiger partial charge in [-0.25, -0.2) is 0 Å². The molecule has 0 aliphatic carbocycles. The minimum Gasteiger partial charge on any atom is -0.481 e. The molecule has 0 saturated carbocycles. The van der Waals surface area contributed by atoms with Gasteiger partial charge in [0, 0.05) is 16.8 Å². The Hall–Kier alpha value is -2.00. The number of para-hydroxylation sites is 1. The van der Waals surface area contributed by atoms with E-state index >= 15 is 0 Å². The molecule has 0 N–H and O–H groups in total. The first-order valence-electron chi connectivity index (χ1n) is 7.39. The lowest BCUT2D eigenvalue weighted by atomic mass is 10.1. The Labute approximate surface area is 135 Å². The van der Waals surface area contributed by atoms with E-state index in [0.717, 1.165) is 12.1 Å². The van der Waals surface area contributed by atoms with Crippen LogP contribution in [0.25, 0.3) is 0 Å². The third-order valence-corrected chi connectivity index (χ3v) is 4.14. The van der Waals surface area contributed by atoms with Crippen LogP contribution in [0.1, 0.15) is 19.4 Å². The van der Waals surface area contributed by atoms with E-state index in [2.05, 4.69) is 13.0 Å². The van der Waals surface area contributed by atoms with Gasteiger partial charge in [0.05, 0.1) is 0 Å². The molecule has 0 unspecified atom stereocenters. The molecular formula is C18H18ClNO2. The fourth-order valence-corrected chi connectivity index (χ4v) is 3.07. The highest BCUT2D eigenvalue weighted by Crippen LogP contribution is 2.32. The van der Waals surface area contributed by atoms with Gasteiger partial charge in [-0.3, -0.25) is 4.79 Å². The molecule has 1 amide bonds. The van der Waals surface area contributed by atoms with Crippen molar-refractivity contribution >= 4 is 23.2 Å². The van der Waals surface area contributed by atoms with E-state index in [1.807, 2.05) is 29.2 Å². The molecule has 0 saturated heterocycles. The van der Waals surface area contributed by atoms with E-state index in [1.54, 1.807) is 25.1 Å². The Morgan fingerprint density at radius 3 is 2.82 bits per heavy atom. The lowest BCUT2D eigenvalue weighted by Gasteiger charge is -2.26. The summed E-state index contributed by atoms with van der Waals surface area (Å²) in [4.78, 5) is 14.6. The normalized spacial score (nSPS) is 18.0. The lowest BCUT2D eigenvalue weighted by Crippen LogP contribution is -2.43. The number of carbonyl (C=O) groups is 1. The first-order valence-corrected chi connectivity index (χ1v) is 7.77. The van der Waals surface area contributed by atoms with Crippen molar-refractivity contribution < 1.29 is 9.53 Å². The van der Waals surface area contributed by atoms with Crippen LogP contribution in [-0.4, -0.2) is 18.1 Å². The number of rotatable bonds is 3. The predicted molar refractivity (Wildman–Crippen MR) is 88.6 cm³/mol. The van der Waals surface area contributed by atoms with Crippen LogP contribution in [-0.2, 0) is 11.2 Å². The molecule has 1 aliphatic heterocycles. The highest BCUT2D eigenvalue weighted by atomic mass is 35.5. The number of hydrogen-bond donors (Lipinski definition) is 0. The van der Waals surface area contributed by atoms with Crippen molar-refractivity contribution in [2.24, 2.45) is 0 Å². The van der Waals surface area contributed by atoms with Crippen LogP contribution in [0.15, 0.2) is 48.5 Å². The summed E-state index contributed by atoms with van der Waals surface area (Å²) >= 11 is 5.95. The summed E-state index contributed by atoms with van der Waals surface area (Å²) in [5, 5.41) is 0.594. The largest absolute Gasteiger partial charge is 0.481 e. The highest BCUT2D eigenvalue weighted by Gasteiger charge is 2.33. The molecule has 114 valence electrons. The van der Waals surface area contributed by atoms with E-state index in [9.17, 15) is 4.79 Å². The average Bonchev–Trinajstić information content (AvgIpc) is 2.82. The Balaban J connectivity index is 1.79. The lowest BCUT2D eigenvalue weighted by molar-refractivity contribution is -0.124. The summed E-state index contributed by atoms with van der Waals surface area (Å²) in [5.74, 6) is 0.575. The van der Waals surface area contributed by atoms with E-state index in [0.29, 0.717) is 10.8 Å². The average molecular weight is 316 g/mol. The van der Waals surface area contributed by atoms with Crippen LogP contribution >= 0.6 is 11.6 Å². The monoisotopic (exact) mass is 315 g/mol. The van der Waals surface area contributed by atoms with Crippen LogP contribution in [0.4, 0.5) is 5.69 Å². The van der Waals surface area contributed by atoms with Crippen LogP contribution in [0, 0.1) is 0 Å². The Morgan fingerprint density at radius 2 is 2.05 bits per heavy atom. The van der Waals surface area contributed by atoms with Gasteiger partial charge in [-0.05, 0) is 50.1 Å². The van der Waals surface area contributed by atoms with Crippen molar-refractivity contribution in [2.45, 2.75) is 32.4 Å². The first-order chi connectivity index (χ1) is 10.6. The smallest absolute Gasteiger partial charge is 0.268 e. The summed E-state index contributed by atoms with van der Waals surface area (Å²) in [6.07, 6.45) is 0.318. The second-order valence-corrected chi connectivity index (χ2v) is 6.04. The molecule has 1 heterocycles. The summed E-state index contributed by atoms with van der Waals surface area (Å²) in [5.41, 5.74) is 2.19. The number of fused-ring (bicyclic) bond motifs is 1. The number of halogens is 1. The van der Waals surface area contributed by atoms with Gasteiger partial charge in [-0.1, -0.05) is 35.9 Å². The summed E-state index contributed by atoms with van der Waals surface area (Å²) in [6.45, 7) is 3.83. The third-order valence-electron chi connectivity index (χ3n) is 3.90. The van der Waals surface area contributed by atoms with Gasteiger partial charge in [0.2, 0.25) is 0 Å². The number of carbonyl (C=O) groups excluding carboxylic acids is 1. The molecule has 0 aromatic heterocycles. The van der Waals surface area contributed by atoms with Crippen molar-refractivity contribution in [2.75, 3.05) is 4.90 Å². The number of ether oxygens (including phenoxy) is 1. The van der Waals surface area contributed by atoms with Crippen molar-refractivity contribution in [3.05, 3.63) is 59.1 Å². The number of anilines is 1. The van der Waals surface area contributed by atoms with Gasteiger partial charge >= 0.3 is 0 Å². The maximum atomic E-state index is 12.8. The van der Waals surface area contributed by atoms with E-state index in [4.69, 9.17) is 16.3 Å². The topological polar surface area (TPSA) is 29.5 Å². The molecule has 1 aliphatic rings. The second-order valence-electron chi connectivity index (χ2n) is 5.61. The maximum Gasteiger partial charge on any atom is 0.268 e. The van der Waals surface area contributed by atoms with Gasteiger partial charge in [-0.15, -0.1) is 0 Å². The molecule has 4 heteroatoms. The molecule has 3 rings (SSSR count). The Morgan fingerprint density at radius 1 is 1.27 bits per heavy atom. The molecule has 22 heavy (non-hydrogen) atoms. The zero-order valence-corrected chi connectivity index (χ0v) is 13.4. The summed E-state index contributed by atoms with van der Waals surface area (Å²) < 4.78 is 5.76. The standard InChI is InChI=1S/C18H18ClNO2/c1-12-10-14-6-3-4-9-17(14)20(12)18(21)13(2)22-16-8-5-7-15(19)11-16/h3-9,11-13H,10H2,1-2H3/t12-,13-/m0/s1. The minimum absolute atomic E-state index is 0.0302. The summed E-state index contributed by atoms with van der Waals surface area (Å²) in [6, 6.07) is 15.3. The van der Waals surface area contributed by atoms with E-state index in [1.165, 1.54) is 5.56 Å². The van der Waals surface area contributed by atoms with Crippen LogP contribution in [0.5, 0.6) is 5.75 Å². The highest BCUT2D eigenvalue weighted by molar-refractivity contribution is 6.30. The fourth-order valence-electron chi connectivity index (χ4n) is 2.89. The molecular weight excluding hydrogens is 298 g/mol. The number of amides is 1. The second kappa shape index (κ2) is 6.01. The Kier molecular flexibility index (Phi) is 4.08. The van der Waals surface area contributed by atoms with Crippen molar-refractivity contribution in [3.63, 3.8) is 0 Å². The molecule has 0 fully saturated rings. The molecule has 2 aromatic carbocycles. The molecule has 2 aromatic rings. The van der Waals surface area contributed by atoms with Crippen molar-refractivity contribution in [1.82, 2.24) is 0 Å². The molecule has 0 radical (unpaired) electrons. The number of nitrogens with zero attached hydrogens (tertiary/aromatic N) is 1. The van der Waals surface area contributed by atoms with Crippen LogP contribution in [0.3, 0.4) is 0 Å². The predicted octanol–water partition coefficient (Wildman–Crippen LogP) is 4.09. The van der Waals surface area contributed by atoms with Crippen LogP contribution in [0.2, 0.25) is 5.02 Å². The van der Waals surface area contributed by atoms with Crippen molar-refractivity contribution in [1.29, 1.82) is 0 Å². The third kappa shape index (κ3) is 2.81. The first kappa shape index (κ1) is 14.9. The van der Waals surface area contributed by atoms with E-state index in [-0.39, 0.29) is 11.9 Å². The zero-order valence-electron chi connectivity index (χ0n) is 12.6. The fraction of sp³-hybridized carbons (Fsp3) is 0.278. The SMILES string of the molecule is C[C@H](Oc1cccc(Cl)c1)C(=O)N1c2ccccc2C[C@@H]1C. The van der Waals surface area contributed by atoms with Crippen LogP contribution < -0.4 is 9.64 Å². The Bertz CT molecular complexity index is 701. The van der Waals surface area contributed by atoms with Gasteiger partial charge in [0.25, 0.3) is 5.91 Å². The number of hydrogen-bond acceptors (Lipinski definition) is 2. The van der Waals surface area contributed by atoms with Gasteiger partial charge in [0.1, 0.15) is 5.75 Å². The molecule has 0 bridgehead atoms. The molecule has 3 nitrogen and oxygen atoms in total. The van der Waals surface area contributed by atoms with E-state index < -0.39 is 6.10 Å². The molecule has 2 atom stereocenters. The quantitative estimate of drug-likeness (QED) is 0.854. The van der Waals surface area contributed by atoms with Gasteiger partial charge in [-0.2, -0.15) is 0 Å². The maximum absolute atomic E-state index is 12.8. The number of benzene rings is 2. The zero-order chi connectivity index (χ0) is 15.7. The van der Waals surface area contributed by atoms with Gasteiger partial charge in [0.15, 0.2) is 6.10 Å². The molecule has 0 spiro atoms. The minimum atomic E-state index is -0.563. The van der Waals surface area contributed by atoms with Gasteiger partial charge < -0.3 is 9.64 Å². The van der Waals surface area contributed by atoms with Crippen molar-refractivity contribution in [3.8, 4) is 5.75 Å². The summed E-state index contributed by atoms with van der Waals surface area (Å²) in [7, 11) is 0.